The first kappa shape index (κ1) is 9.65. The first-order valence-corrected chi connectivity index (χ1v) is 5.21. The Balaban J connectivity index is 2.40. The summed E-state index contributed by atoms with van der Waals surface area (Å²) in [5, 5.41) is 0.818. The maximum atomic E-state index is 5.92. The van der Waals surface area contributed by atoms with Gasteiger partial charge in [-0.1, -0.05) is 6.07 Å². The summed E-state index contributed by atoms with van der Waals surface area (Å²) in [5.41, 5.74) is 13.2. The maximum absolute atomic E-state index is 5.92. The second-order valence-corrected chi connectivity index (χ2v) is 3.73. The Bertz CT molecular complexity index is 673. The molecule has 2 aromatic heterocycles. The highest BCUT2D eigenvalue weighted by Gasteiger charge is 2.08. The van der Waals surface area contributed by atoms with E-state index >= 15 is 0 Å². The predicted molar refractivity (Wildman–Crippen MR) is 67.7 cm³/mol. The largest absolute Gasteiger partial charge is 0.383 e. The molecule has 0 saturated heterocycles. The van der Waals surface area contributed by atoms with E-state index in [0.29, 0.717) is 5.82 Å². The van der Waals surface area contributed by atoms with E-state index in [9.17, 15) is 0 Å². The molecule has 3 rings (SSSR count). The molecule has 0 radical (unpaired) electrons. The van der Waals surface area contributed by atoms with E-state index in [1.807, 2.05) is 47.3 Å². The van der Waals surface area contributed by atoms with Gasteiger partial charge in [-0.15, -0.1) is 0 Å². The molecule has 0 atom stereocenters. The van der Waals surface area contributed by atoms with Gasteiger partial charge in [-0.3, -0.25) is 0 Å². The SMILES string of the molecule is Nc1nc(N)c2c(-n3cccc3)cccc2n1. The summed E-state index contributed by atoms with van der Waals surface area (Å²) in [5.74, 6) is 0.594. The molecule has 0 aliphatic heterocycles. The molecule has 4 N–H and O–H groups in total. The van der Waals surface area contributed by atoms with Crippen molar-refractivity contribution in [1.82, 2.24) is 14.5 Å². The van der Waals surface area contributed by atoms with Gasteiger partial charge in [-0.2, -0.15) is 4.98 Å². The molecule has 0 spiro atoms. The highest BCUT2D eigenvalue weighted by atomic mass is 15.0. The number of anilines is 2. The molecule has 1 aromatic carbocycles. The van der Waals surface area contributed by atoms with Crippen molar-refractivity contribution in [3.05, 3.63) is 42.7 Å². The predicted octanol–water partition coefficient (Wildman–Crippen LogP) is 1.58. The van der Waals surface area contributed by atoms with Gasteiger partial charge in [0.25, 0.3) is 0 Å². The van der Waals surface area contributed by atoms with Crippen molar-refractivity contribution in [2.24, 2.45) is 0 Å². The van der Waals surface area contributed by atoms with Crippen LogP contribution in [0.4, 0.5) is 11.8 Å². The highest BCUT2D eigenvalue weighted by Crippen LogP contribution is 2.25. The third-order valence-corrected chi connectivity index (χ3v) is 2.63. The van der Waals surface area contributed by atoms with Crippen LogP contribution in [-0.4, -0.2) is 14.5 Å². The van der Waals surface area contributed by atoms with E-state index in [1.165, 1.54) is 0 Å². The number of aromatic nitrogens is 3. The van der Waals surface area contributed by atoms with E-state index in [-0.39, 0.29) is 5.95 Å². The lowest BCUT2D eigenvalue weighted by atomic mass is 10.2. The van der Waals surface area contributed by atoms with Crippen LogP contribution in [0, 0.1) is 0 Å². The first-order chi connectivity index (χ1) is 8.25. The van der Waals surface area contributed by atoms with Gasteiger partial charge in [-0.25, -0.2) is 4.98 Å². The number of hydrogen-bond donors (Lipinski definition) is 2. The van der Waals surface area contributed by atoms with Crippen LogP contribution in [-0.2, 0) is 0 Å². The number of rotatable bonds is 1. The number of benzene rings is 1. The molecule has 5 nitrogen and oxygen atoms in total. The Kier molecular flexibility index (Phi) is 1.98. The summed E-state index contributed by atoms with van der Waals surface area (Å²) < 4.78 is 1.97. The zero-order valence-corrected chi connectivity index (χ0v) is 9.04. The molecule has 0 aliphatic rings. The summed E-state index contributed by atoms with van der Waals surface area (Å²) >= 11 is 0. The van der Waals surface area contributed by atoms with Gasteiger partial charge in [0.2, 0.25) is 5.95 Å². The summed E-state index contributed by atoms with van der Waals surface area (Å²) in [4.78, 5) is 8.18. The molecule has 84 valence electrons. The average molecular weight is 225 g/mol. The molecule has 0 bridgehead atoms. The fourth-order valence-electron chi connectivity index (χ4n) is 1.92. The average Bonchev–Trinajstić information content (AvgIpc) is 2.80. The molecule has 0 unspecified atom stereocenters. The zero-order chi connectivity index (χ0) is 11.8. The monoisotopic (exact) mass is 225 g/mol. The maximum Gasteiger partial charge on any atom is 0.222 e. The van der Waals surface area contributed by atoms with Gasteiger partial charge < -0.3 is 16.0 Å². The van der Waals surface area contributed by atoms with E-state index in [1.54, 1.807) is 0 Å². The Hall–Kier alpha value is -2.56. The summed E-state index contributed by atoms with van der Waals surface area (Å²) in [6.45, 7) is 0. The molecule has 5 heteroatoms. The number of hydrogen-bond acceptors (Lipinski definition) is 4. The molecule has 0 fully saturated rings. The molecular weight excluding hydrogens is 214 g/mol. The highest BCUT2D eigenvalue weighted by molar-refractivity contribution is 5.96. The van der Waals surface area contributed by atoms with Crippen LogP contribution in [0.25, 0.3) is 16.6 Å². The molecule has 2 heterocycles. The quantitative estimate of drug-likeness (QED) is 0.658. The van der Waals surface area contributed by atoms with E-state index in [2.05, 4.69) is 9.97 Å². The van der Waals surface area contributed by atoms with Crippen molar-refractivity contribution in [2.45, 2.75) is 0 Å². The Morgan fingerprint density at radius 1 is 0.941 bits per heavy atom. The molecule has 0 amide bonds. The van der Waals surface area contributed by atoms with Crippen molar-refractivity contribution < 1.29 is 0 Å². The smallest absolute Gasteiger partial charge is 0.222 e. The first-order valence-electron chi connectivity index (χ1n) is 5.21. The van der Waals surface area contributed by atoms with Crippen molar-refractivity contribution in [3.63, 3.8) is 0 Å². The van der Waals surface area contributed by atoms with E-state index < -0.39 is 0 Å². The number of nitrogens with two attached hydrogens (primary N) is 2. The lowest BCUT2D eigenvalue weighted by Crippen LogP contribution is -2.03. The zero-order valence-electron chi connectivity index (χ0n) is 9.04. The van der Waals surface area contributed by atoms with Crippen molar-refractivity contribution in [2.75, 3.05) is 11.5 Å². The second kappa shape index (κ2) is 3.48. The fourth-order valence-corrected chi connectivity index (χ4v) is 1.92. The van der Waals surface area contributed by atoms with Crippen LogP contribution >= 0.6 is 0 Å². The minimum Gasteiger partial charge on any atom is -0.383 e. The molecule has 0 aliphatic carbocycles. The van der Waals surface area contributed by atoms with Gasteiger partial charge >= 0.3 is 0 Å². The summed E-state index contributed by atoms with van der Waals surface area (Å²) in [6.07, 6.45) is 3.90. The van der Waals surface area contributed by atoms with Gasteiger partial charge in [0, 0.05) is 12.4 Å². The van der Waals surface area contributed by atoms with Crippen LogP contribution in [0.2, 0.25) is 0 Å². The lowest BCUT2D eigenvalue weighted by Gasteiger charge is -2.09. The topological polar surface area (TPSA) is 82.7 Å². The second-order valence-electron chi connectivity index (χ2n) is 3.73. The standard InChI is InChI=1S/C12H11N5/c13-11-10-8(15-12(14)16-11)4-3-5-9(10)17-6-1-2-7-17/h1-7H,(H4,13,14,15,16). The normalized spacial score (nSPS) is 10.8. The van der Waals surface area contributed by atoms with Crippen LogP contribution < -0.4 is 11.5 Å². The summed E-state index contributed by atoms with van der Waals surface area (Å²) in [7, 11) is 0. The minimum atomic E-state index is 0.194. The van der Waals surface area contributed by atoms with Gasteiger partial charge in [0.05, 0.1) is 16.6 Å². The van der Waals surface area contributed by atoms with Crippen molar-refractivity contribution in [3.8, 4) is 5.69 Å². The third kappa shape index (κ3) is 1.48. The van der Waals surface area contributed by atoms with E-state index in [0.717, 1.165) is 16.6 Å². The van der Waals surface area contributed by atoms with Crippen molar-refractivity contribution >= 4 is 22.7 Å². The molecule has 0 saturated carbocycles. The summed E-state index contributed by atoms with van der Waals surface area (Å²) in [6, 6.07) is 9.67. The van der Waals surface area contributed by atoms with Crippen LogP contribution in [0.5, 0.6) is 0 Å². The Labute approximate surface area is 97.7 Å². The number of nitrogens with zero attached hydrogens (tertiary/aromatic N) is 3. The Morgan fingerprint density at radius 2 is 1.71 bits per heavy atom. The van der Waals surface area contributed by atoms with Gasteiger partial charge in [-0.05, 0) is 24.3 Å². The minimum absolute atomic E-state index is 0.194. The van der Waals surface area contributed by atoms with Crippen LogP contribution in [0.3, 0.4) is 0 Å². The molecular formula is C12H11N5. The number of nitrogen functional groups attached to an aromatic ring is 2. The number of fused-ring (bicyclic) bond motifs is 1. The molecule has 3 aromatic rings. The lowest BCUT2D eigenvalue weighted by molar-refractivity contribution is 1.09. The van der Waals surface area contributed by atoms with Crippen molar-refractivity contribution in [1.29, 1.82) is 0 Å². The molecule has 17 heavy (non-hydrogen) atoms. The van der Waals surface area contributed by atoms with Crippen LogP contribution in [0.1, 0.15) is 0 Å². The van der Waals surface area contributed by atoms with Crippen LogP contribution in [0.15, 0.2) is 42.7 Å². The third-order valence-electron chi connectivity index (χ3n) is 2.63. The fraction of sp³-hybridized carbons (Fsp3) is 0. The Morgan fingerprint density at radius 3 is 2.47 bits per heavy atom. The van der Waals surface area contributed by atoms with Gasteiger partial charge in [0.1, 0.15) is 5.82 Å². The van der Waals surface area contributed by atoms with E-state index in [4.69, 9.17) is 11.5 Å². The van der Waals surface area contributed by atoms with Gasteiger partial charge in [0.15, 0.2) is 0 Å².